The van der Waals surface area contributed by atoms with E-state index in [-0.39, 0.29) is 0 Å². The normalized spacial score (nSPS) is 13.1. The highest BCUT2D eigenvalue weighted by Crippen LogP contribution is 2.31. The number of aryl methyl sites for hydroxylation is 2. The maximum absolute atomic E-state index is 6.27. The summed E-state index contributed by atoms with van der Waals surface area (Å²) in [5.41, 5.74) is 6.51. The van der Waals surface area contributed by atoms with Crippen LogP contribution in [-0.2, 0) is 12.8 Å². The fourth-order valence-electron chi connectivity index (χ4n) is 4.47. The molecule has 0 unspecified atom stereocenters. The zero-order valence-corrected chi connectivity index (χ0v) is 18.9. The zero-order valence-electron chi connectivity index (χ0n) is 18.9. The first-order valence-electron chi connectivity index (χ1n) is 11.8. The summed E-state index contributed by atoms with van der Waals surface area (Å²) in [6.45, 7) is 0. The minimum absolute atomic E-state index is 0.781. The van der Waals surface area contributed by atoms with Crippen LogP contribution in [0, 0.1) is 0 Å². The third-order valence-corrected chi connectivity index (χ3v) is 6.22. The van der Waals surface area contributed by atoms with Gasteiger partial charge in [-0.25, -0.2) is 4.98 Å². The number of benzene rings is 3. The Bertz CT molecular complexity index is 1420. The number of hydrogen-bond donors (Lipinski definition) is 0. The van der Waals surface area contributed by atoms with Crippen molar-refractivity contribution in [2.75, 3.05) is 0 Å². The summed E-state index contributed by atoms with van der Waals surface area (Å²) in [6, 6.07) is 31.0. The Kier molecular flexibility index (Phi) is 5.40. The zero-order chi connectivity index (χ0) is 22.7. The largest absolute Gasteiger partial charge is 0.457 e. The lowest BCUT2D eigenvalue weighted by Crippen LogP contribution is -1.96. The first-order valence-corrected chi connectivity index (χ1v) is 11.8. The number of ether oxygens (including phenoxy) is 1. The van der Waals surface area contributed by atoms with E-state index < -0.39 is 0 Å². The van der Waals surface area contributed by atoms with E-state index in [1.807, 2.05) is 42.6 Å². The van der Waals surface area contributed by atoms with Crippen molar-refractivity contribution in [2.24, 2.45) is 0 Å². The van der Waals surface area contributed by atoms with E-state index in [0.717, 1.165) is 71.2 Å². The minimum atomic E-state index is 0.781. The molecule has 0 radical (unpaired) electrons. The molecule has 5 aromatic rings. The van der Waals surface area contributed by atoms with Gasteiger partial charge in [-0.15, -0.1) is 0 Å². The Morgan fingerprint density at radius 3 is 2.26 bits per heavy atom. The lowest BCUT2D eigenvalue weighted by atomic mass is 10.1. The van der Waals surface area contributed by atoms with Gasteiger partial charge in [-0.2, -0.15) is 0 Å². The maximum atomic E-state index is 6.27. The van der Waals surface area contributed by atoms with Crippen molar-refractivity contribution in [3.63, 3.8) is 0 Å². The predicted molar refractivity (Wildman–Crippen MR) is 135 cm³/mol. The van der Waals surface area contributed by atoms with Gasteiger partial charge in [0.2, 0.25) is 0 Å². The molecule has 0 amide bonds. The molecule has 0 saturated carbocycles. The van der Waals surface area contributed by atoms with Gasteiger partial charge in [-0.3, -0.25) is 9.55 Å². The standard InChI is InChI=1S/C30H25N3O/c1-2-12-26(13-3-1)33-21-25-11-5-4-8-22-16-17-29(31-20-22)23-9-6-14-27(18-23)34-28-15-7-10-24(19-28)30(33)32-25/h1-3,6-7,9-10,12-21H,4-5,8,11H2. The SMILES string of the molecule is c1ccc(-n2cc3nc2-c2cccc(c2)Oc2cccc(c2)-c2ccc(cn2)CCCC3)cc1. The van der Waals surface area contributed by atoms with Crippen LogP contribution in [0.4, 0.5) is 0 Å². The number of fused-ring (bicyclic) bond motifs is 5. The van der Waals surface area contributed by atoms with Crippen LogP contribution >= 0.6 is 0 Å². The molecule has 4 nitrogen and oxygen atoms in total. The summed E-state index contributed by atoms with van der Waals surface area (Å²) in [6.07, 6.45) is 8.32. The van der Waals surface area contributed by atoms with Crippen LogP contribution in [0.25, 0.3) is 28.3 Å². The Morgan fingerprint density at radius 2 is 1.47 bits per heavy atom. The Hall–Kier alpha value is -4.18. The molecule has 0 fully saturated rings. The third-order valence-electron chi connectivity index (χ3n) is 6.22. The molecule has 4 heteroatoms. The number of pyridine rings is 1. The molecular formula is C30H25N3O. The average molecular weight is 444 g/mol. The third kappa shape index (κ3) is 4.23. The van der Waals surface area contributed by atoms with Crippen molar-refractivity contribution in [3.8, 4) is 39.8 Å². The van der Waals surface area contributed by atoms with E-state index >= 15 is 0 Å². The van der Waals surface area contributed by atoms with Crippen LogP contribution < -0.4 is 4.74 Å². The lowest BCUT2D eigenvalue weighted by molar-refractivity contribution is 0.483. The van der Waals surface area contributed by atoms with Crippen LogP contribution in [-0.4, -0.2) is 14.5 Å². The molecule has 7 rings (SSSR count). The van der Waals surface area contributed by atoms with E-state index in [1.54, 1.807) is 0 Å². The molecule has 2 aromatic heterocycles. The van der Waals surface area contributed by atoms with Crippen LogP contribution in [0.15, 0.2) is 103 Å². The van der Waals surface area contributed by atoms with Crippen LogP contribution in [0.3, 0.4) is 0 Å². The summed E-state index contributed by atoms with van der Waals surface area (Å²) < 4.78 is 8.46. The average Bonchev–Trinajstić information content (AvgIpc) is 3.32. The van der Waals surface area contributed by atoms with Crippen LogP contribution in [0.5, 0.6) is 11.5 Å². The lowest BCUT2D eigenvalue weighted by Gasteiger charge is -2.11. The van der Waals surface area contributed by atoms with Crippen molar-refractivity contribution in [3.05, 3.63) is 115 Å². The number of hydrogen-bond acceptors (Lipinski definition) is 3. The fourth-order valence-corrected chi connectivity index (χ4v) is 4.47. The van der Waals surface area contributed by atoms with Crippen molar-refractivity contribution in [1.82, 2.24) is 14.5 Å². The smallest absolute Gasteiger partial charge is 0.144 e. The number of imidazole rings is 1. The Labute approximate surface area is 199 Å². The van der Waals surface area contributed by atoms with E-state index in [4.69, 9.17) is 14.7 Å². The molecule has 166 valence electrons. The van der Waals surface area contributed by atoms with Gasteiger partial charge in [0.15, 0.2) is 0 Å². The summed E-state index contributed by atoms with van der Waals surface area (Å²) in [4.78, 5) is 9.76. The van der Waals surface area contributed by atoms with Crippen LogP contribution in [0.2, 0.25) is 0 Å². The van der Waals surface area contributed by atoms with Gasteiger partial charge in [0.1, 0.15) is 17.3 Å². The van der Waals surface area contributed by atoms with Crippen molar-refractivity contribution in [2.45, 2.75) is 25.7 Å². The first-order chi connectivity index (χ1) is 16.8. The van der Waals surface area contributed by atoms with Gasteiger partial charge >= 0.3 is 0 Å². The van der Waals surface area contributed by atoms with Crippen molar-refractivity contribution >= 4 is 0 Å². The quantitative estimate of drug-likeness (QED) is 0.273. The summed E-state index contributed by atoms with van der Waals surface area (Å²) in [5.74, 6) is 2.50. The molecule has 0 aliphatic carbocycles. The highest BCUT2D eigenvalue weighted by molar-refractivity contribution is 5.63. The van der Waals surface area contributed by atoms with Gasteiger partial charge < -0.3 is 4.74 Å². The van der Waals surface area contributed by atoms with Gasteiger partial charge in [0.05, 0.1) is 11.4 Å². The topological polar surface area (TPSA) is 39.9 Å². The van der Waals surface area contributed by atoms with E-state index in [1.165, 1.54) is 5.56 Å². The maximum Gasteiger partial charge on any atom is 0.144 e. The van der Waals surface area contributed by atoms with E-state index in [9.17, 15) is 0 Å². The second-order valence-corrected chi connectivity index (χ2v) is 8.68. The molecule has 2 aliphatic heterocycles. The molecule has 0 atom stereocenters. The monoisotopic (exact) mass is 443 g/mol. The van der Waals surface area contributed by atoms with Gasteiger partial charge in [0, 0.05) is 29.2 Å². The molecule has 2 aliphatic rings. The van der Waals surface area contributed by atoms with Gasteiger partial charge in [0.25, 0.3) is 0 Å². The van der Waals surface area contributed by atoms with E-state index in [2.05, 4.69) is 65.4 Å². The molecule has 0 saturated heterocycles. The van der Waals surface area contributed by atoms with Crippen LogP contribution in [0.1, 0.15) is 24.1 Å². The van der Waals surface area contributed by atoms with Gasteiger partial charge in [-0.1, -0.05) is 48.5 Å². The molecule has 4 heterocycles. The molecular weight excluding hydrogens is 418 g/mol. The van der Waals surface area contributed by atoms with Gasteiger partial charge in [-0.05, 0) is 73.7 Å². The van der Waals surface area contributed by atoms with Crippen molar-refractivity contribution < 1.29 is 4.74 Å². The van der Waals surface area contributed by atoms with E-state index in [0.29, 0.717) is 0 Å². The number of para-hydroxylation sites is 1. The number of rotatable bonds is 1. The summed E-state index contributed by atoms with van der Waals surface area (Å²) in [7, 11) is 0. The highest BCUT2D eigenvalue weighted by atomic mass is 16.5. The Balaban J connectivity index is 1.45. The number of nitrogens with zero attached hydrogens (tertiary/aromatic N) is 3. The van der Waals surface area contributed by atoms with Crippen molar-refractivity contribution in [1.29, 1.82) is 0 Å². The molecule has 34 heavy (non-hydrogen) atoms. The number of aromatic nitrogens is 3. The summed E-state index contributed by atoms with van der Waals surface area (Å²) >= 11 is 0. The predicted octanol–water partition coefficient (Wildman–Crippen LogP) is 7.27. The highest BCUT2D eigenvalue weighted by Gasteiger charge is 2.13. The summed E-state index contributed by atoms with van der Waals surface area (Å²) in [5, 5.41) is 0. The fraction of sp³-hybridized carbons (Fsp3) is 0.133. The first kappa shape index (κ1) is 20.4. The molecule has 0 spiro atoms. The molecule has 0 N–H and O–H groups in total. The molecule has 3 aromatic carbocycles. The Morgan fingerprint density at radius 1 is 0.706 bits per heavy atom. The second kappa shape index (κ2) is 8.99. The second-order valence-electron chi connectivity index (χ2n) is 8.68. The minimum Gasteiger partial charge on any atom is -0.457 e. The molecule has 8 bridgehead atoms.